The molecule has 0 unspecified atom stereocenters. The Morgan fingerprint density at radius 2 is 1.96 bits per heavy atom. The number of thiophene rings is 1. The molecule has 4 rings (SSSR count). The highest BCUT2D eigenvalue weighted by Crippen LogP contribution is 2.27. The van der Waals surface area contributed by atoms with Gasteiger partial charge in [-0.3, -0.25) is 0 Å². The third-order valence-electron chi connectivity index (χ3n) is 4.37. The summed E-state index contributed by atoms with van der Waals surface area (Å²) in [7, 11) is 1.88. The Bertz CT molecular complexity index is 988. The molecule has 0 saturated heterocycles. The quantitative estimate of drug-likeness (QED) is 0.564. The van der Waals surface area contributed by atoms with Gasteiger partial charge in [0.1, 0.15) is 11.9 Å². The zero-order valence-corrected chi connectivity index (χ0v) is 14.7. The van der Waals surface area contributed by atoms with Gasteiger partial charge in [-0.25, -0.2) is 4.98 Å². The minimum Gasteiger partial charge on any atom is -0.381 e. The van der Waals surface area contributed by atoms with Crippen molar-refractivity contribution in [3.8, 4) is 0 Å². The van der Waals surface area contributed by atoms with Gasteiger partial charge in [-0.1, -0.05) is 30.3 Å². The first kappa shape index (κ1) is 15.9. The fraction of sp³-hybridized carbons (Fsp3) is 0.150. The van der Waals surface area contributed by atoms with Crippen LogP contribution in [0.25, 0.3) is 10.1 Å². The van der Waals surface area contributed by atoms with Crippen molar-refractivity contribution < 1.29 is 5.11 Å². The number of fused-ring (bicyclic) bond motifs is 1. The number of hydrogen-bond acceptors (Lipinski definition) is 4. The predicted molar refractivity (Wildman–Crippen MR) is 103 cm³/mol. The minimum absolute atomic E-state index is 0.644. The third kappa shape index (κ3) is 3.16. The number of imidazole rings is 1. The lowest BCUT2D eigenvalue weighted by molar-refractivity contribution is 0.206. The van der Waals surface area contributed by atoms with Crippen LogP contribution in [0.2, 0.25) is 0 Å². The van der Waals surface area contributed by atoms with Crippen LogP contribution in [-0.2, 0) is 13.6 Å². The van der Waals surface area contributed by atoms with E-state index < -0.39 is 6.10 Å². The molecule has 4 aromatic rings. The molecule has 5 heteroatoms. The van der Waals surface area contributed by atoms with E-state index in [0.29, 0.717) is 5.82 Å². The molecule has 0 spiro atoms. The van der Waals surface area contributed by atoms with Gasteiger partial charge in [-0.15, -0.1) is 11.3 Å². The number of nitrogens with zero attached hydrogens (tertiary/aromatic N) is 2. The highest BCUT2D eigenvalue weighted by atomic mass is 32.1. The highest BCUT2D eigenvalue weighted by Gasteiger charge is 2.14. The molecule has 126 valence electrons. The zero-order chi connectivity index (χ0) is 17.2. The molecule has 2 aromatic heterocycles. The number of nitrogens with one attached hydrogen (secondary N) is 1. The van der Waals surface area contributed by atoms with Crippen LogP contribution >= 0.6 is 11.3 Å². The SMILES string of the molecule is Cn1ccnc1[C@H](O)c1ccc(NCc2csc3ccccc23)cc1. The second kappa shape index (κ2) is 6.70. The fourth-order valence-electron chi connectivity index (χ4n) is 2.94. The second-order valence-electron chi connectivity index (χ2n) is 6.03. The van der Waals surface area contributed by atoms with Gasteiger partial charge >= 0.3 is 0 Å². The van der Waals surface area contributed by atoms with Gasteiger partial charge in [0.2, 0.25) is 0 Å². The van der Waals surface area contributed by atoms with Crippen LogP contribution in [0.5, 0.6) is 0 Å². The number of hydrogen-bond donors (Lipinski definition) is 2. The van der Waals surface area contributed by atoms with Gasteiger partial charge in [0.05, 0.1) is 0 Å². The first-order chi connectivity index (χ1) is 12.2. The van der Waals surface area contributed by atoms with E-state index in [2.05, 4.69) is 39.9 Å². The first-order valence-corrected chi connectivity index (χ1v) is 9.04. The van der Waals surface area contributed by atoms with Gasteiger partial charge in [0.25, 0.3) is 0 Å². The molecular formula is C20H19N3OS. The summed E-state index contributed by atoms with van der Waals surface area (Å²) in [6.45, 7) is 0.783. The fourth-order valence-corrected chi connectivity index (χ4v) is 3.90. The topological polar surface area (TPSA) is 50.1 Å². The summed E-state index contributed by atoms with van der Waals surface area (Å²) in [6.07, 6.45) is 2.81. The lowest BCUT2D eigenvalue weighted by Gasteiger charge is -2.12. The molecule has 2 N–H and O–H groups in total. The minimum atomic E-state index is -0.713. The lowest BCUT2D eigenvalue weighted by atomic mass is 10.1. The average Bonchev–Trinajstić information content (AvgIpc) is 3.26. The summed E-state index contributed by atoms with van der Waals surface area (Å²) in [5.74, 6) is 0.644. The molecule has 0 aliphatic heterocycles. The molecule has 0 saturated carbocycles. The van der Waals surface area contributed by atoms with E-state index in [1.165, 1.54) is 15.6 Å². The Kier molecular flexibility index (Phi) is 4.26. The summed E-state index contributed by atoms with van der Waals surface area (Å²) in [5, 5.41) is 17.4. The number of aliphatic hydroxyl groups excluding tert-OH is 1. The van der Waals surface area contributed by atoms with Crippen LogP contribution in [-0.4, -0.2) is 14.7 Å². The molecule has 1 atom stereocenters. The van der Waals surface area contributed by atoms with Crippen LogP contribution in [0.3, 0.4) is 0 Å². The zero-order valence-electron chi connectivity index (χ0n) is 13.9. The smallest absolute Gasteiger partial charge is 0.142 e. The van der Waals surface area contributed by atoms with Crippen molar-refractivity contribution in [3.05, 3.63) is 83.3 Å². The Balaban J connectivity index is 1.46. The van der Waals surface area contributed by atoms with Crippen molar-refractivity contribution in [2.24, 2.45) is 7.05 Å². The maximum absolute atomic E-state index is 10.4. The summed E-state index contributed by atoms with van der Waals surface area (Å²) < 4.78 is 3.14. The van der Waals surface area contributed by atoms with Crippen LogP contribution in [0, 0.1) is 0 Å². The van der Waals surface area contributed by atoms with E-state index in [4.69, 9.17) is 0 Å². The number of benzene rings is 2. The van der Waals surface area contributed by atoms with E-state index in [0.717, 1.165) is 17.8 Å². The van der Waals surface area contributed by atoms with Crippen molar-refractivity contribution in [1.82, 2.24) is 9.55 Å². The summed E-state index contributed by atoms with van der Waals surface area (Å²) >= 11 is 1.77. The second-order valence-corrected chi connectivity index (χ2v) is 6.94. The van der Waals surface area contributed by atoms with Crippen molar-refractivity contribution in [2.45, 2.75) is 12.6 Å². The Morgan fingerprint density at radius 3 is 2.72 bits per heavy atom. The molecule has 0 aliphatic rings. The first-order valence-electron chi connectivity index (χ1n) is 8.16. The van der Waals surface area contributed by atoms with E-state index in [9.17, 15) is 5.11 Å². The Labute approximate surface area is 150 Å². The summed E-state index contributed by atoms with van der Waals surface area (Å²) in [4.78, 5) is 4.21. The van der Waals surface area contributed by atoms with E-state index in [1.807, 2.05) is 42.1 Å². The molecule has 0 fully saturated rings. The van der Waals surface area contributed by atoms with Crippen molar-refractivity contribution >= 4 is 27.1 Å². The average molecular weight is 349 g/mol. The highest BCUT2D eigenvalue weighted by molar-refractivity contribution is 7.17. The molecule has 0 radical (unpaired) electrons. The maximum Gasteiger partial charge on any atom is 0.142 e. The number of aliphatic hydroxyl groups is 1. The van der Waals surface area contributed by atoms with Gasteiger partial charge in [0, 0.05) is 36.4 Å². The third-order valence-corrected chi connectivity index (χ3v) is 5.39. The van der Waals surface area contributed by atoms with Crippen LogP contribution in [0.15, 0.2) is 66.3 Å². The molecule has 0 aliphatic carbocycles. The molecule has 2 heterocycles. The standard InChI is InChI=1S/C20H19N3OS/c1-23-11-10-21-20(23)19(24)14-6-8-16(9-7-14)22-12-15-13-25-18-5-3-2-4-17(15)18/h2-11,13,19,22,24H,12H2,1H3/t19-/m1/s1. The molecule has 2 aromatic carbocycles. The number of anilines is 1. The molecule has 25 heavy (non-hydrogen) atoms. The van der Waals surface area contributed by atoms with Gasteiger partial charge in [-0.05, 0) is 40.1 Å². The van der Waals surface area contributed by atoms with Gasteiger partial charge in [-0.2, -0.15) is 0 Å². The molecule has 0 bridgehead atoms. The molecule has 0 amide bonds. The van der Waals surface area contributed by atoms with Crippen LogP contribution in [0.4, 0.5) is 5.69 Å². The maximum atomic E-state index is 10.4. The Hall–Kier alpha value is -2.63. The Morgan fingerprint density at radius 1 is 1.16 bits per heavy atom. The van der Waals surface area contributed by atoms with Crippen molar-refractivity contribution in [1.29, 1.82) is 0 Å². The van der Waals surface area contributed by atoms with Crippen molar-refractivity contribution in [2.75, 3.05) is 5.32 Å². The summed E-state index contributed by atoms with van der Waals surface area (Å²) in [6, 6.07) is 16.3. The van der Waals surface area contributed by atoms with Crippen molar-refractivity contribution in [3.63, 3.8) is 0 Å². The normalized spacial score (nSPS) is 12.4. The predicted octanol–water partition coefficient (Wildman–Crippen LogP) is 4.33. The van der Waals surface area contributed by atoms with E-state index in [1.54, 1.807) is 17.5 Å². The van der Waals surface area contributed by atoms with Crippen LogP contribution < -0.4 is 5.32 Å². The van der Waals surface area contributed by atoms with Gasteiger partial charge in [0.15, 0.2) is 0 Å². The lowest BCUT2D eigenvalue weighted by Crippen LogP contribution is -2.07. The molecular weight excluding hydrogens is 330 g/mol. The largest absolute Gasteiger partial charge is 0.381 e. The van der Waals surface area contributed by atoms with Gasteiger partial charge < -0.3 is 15.0 Å². The van der Waals surface area contributed by atoms with Crippen LogP contribution in [0.1, 0.15) is 23.1 Å². The summed E-state index contributed by atoms with van der Waals surface area (Å²) in [5.41, 5.74) is 3.17. The monoisotopic (exact) mass is 349 g/mol. The van der Waals surface area contributed by atoms with E-state index >= 15 is 0 Å². The number of aryl methyl sites for hydroxylation is 1. The number of rotatable bonds is 5. The number of aromatic nitrogens is 2. The molecule has 4 nitrogen and oxygen atoms in total. The van der Waals surface area contributed by atoms with E-state index in [-0.39, 0.29) is 0 Å².